The minimum atomic E-state index is -0.421. The fraction of sp³-hybridized carbons (Fsp3) is 0.333. The van der Waals surface area contributed by atoms with Crippen molar-refractivity contribution in [2.75, 3.05) is 20.7 Å². The quantitative estimate of drug-likeness (QED) is 0.794. The molecule has 5 heteroatoms. The average Bonchev–Trinajstić information content (AvgIpc) is 2.28. The van der Waals surface area contributed by atoms with Crippen molar-refractivity contribution in [1.82, 2.24) is 4.90 Å². The van der Waals surface area contributed by atoms with Crippen molar-refractivity contribution < 1.29 is 14.3 Å². The number of carbonyl (C=O) groups is 2. The summed E-state index contributed by atoms with van der Waals surface area (Å²) in [6, 6.07) is 7.51. The fourth-order valence-corrected chi connectivity index (χ4v) is 1.75. The first-order chi connectivity index (χ1) is 8.02. The van der Waals surface area contributed by atoms with E-state index < -0.39 is 5.97 Å². The third-order valence-electron chi connectivity index (χ3n) is 2.26. The Morgan fingerprint density at radius 1 is 1.41 bits per heavy atom. The first kappa shape index (κ1) is 13.7. The van der Waals surface area contributed by atoms with E-state index in [2.05, 4.69) is 20.7 Å². The van der Waals surface area contributed by atoms with E-state index in [4.69, 9.17) is 0 Å². The molecule has 0 unspecified atom stereocenters. The highest BCUT2D eigenvalue weighted by Gasteiger charge is 2.13. The lowest BCUT2D eigenvalue weighted by molar-refractivity contribution is -0.145. The van der Waals surface area contributed by atoms with Gasteiger partial charge in [-0.1, -0.05) is 28.1 Å². The number of esters is 1. The van der Waals surface area contributed by atoms with Gasteiger partial charge in [0.05, 0.1) is 13.5 Å². The SMILES string of the molecule is COC(=O)CN(C)C(=O)Cc1cccc(Br)c1. The monoisotopic (exact) mass is 299 g/mol. The minimum absolute atomic E-state index is 0.0245. The molecular formula is C12H14BrNO3. The van der Waals surface area contributed by atoms with Crippen LogP contribution in [0.5, 0.6) is 0 Å². The van der Waals surface area contributed by atoms with E-state index in [0.717, 1.165) is 10.0 Å². The number of likely N-dealkylation sites (N-methyl/N-ethyl adjacent to an activating group) is 1. The second-order valence-corrected chi connectivity index (χ2v) is 4.55. The molecular weight excluding hydrogens is 286 g/mol. The summed E-state index contributed by atoms with van der Waals surface area (Å²) in [4.78, 5) is 24.1. The molecule has 1 aromatic carbocycles. The van der Waals surface area contributed by atoms with E-state index in [1.54, 1.807) is 7.05 Å². The molecule has 92 valence electrons. The standard InChI is InChI=1S/C12H14BrNO3/c1-14(8-12(16)17-2)11(15)7-9-4-3-5-10(13)6-9/h3-6H,7-8H2,1-2H3. The Kier molecular flexibility index (Phi) is 5.15. The van der Waals surface area contributed by atoms with Gasteiger partial charge in [-0.3, -0.25) is 9.59 Å². The highest BCUT2D eigenvalue weighted by atomic mass is 79.9. The molecule has 0 spiro atoms. The lowest BCUT2D eigenvalue weighted by Gasteiger charge is -2.15. The van der Waals surface area contributed by atoms with Crippen molar-refractivity contribution >= 4 is 27.8 Å². The Balaban J connectivity index is 2.57. The first-order valence-corrected chi connectivity index (χ1v) is 5.87. The van der Waals surface area contributed by atoms with Crippen molar-refractivity contribution in [3.63, 3.8) is 0 Å². The van der Waals surface area contributed by atoms with Crippen LogP contribution in [0.2, 0.25) is 0 Å². The van der Waals surface area contributed by atoms with E-state index in [0.29, 0.717) is 0 Å². The van der Waals surface area contributed by atoms with E-state index in [1.807, 2.05) is 24.3 Å². The maximum Gasteiger partial charge on any atom is 0.325 e. The van der Waals surface area contributed by atoms with Crippen LogP contribution in [-0.2, 0) is 20.7 Å². The summed E-state index contributed by atoms with van der Waals surface area (Å²) in [5.41, 5.74) is 0.904. The van der Waals surface area contributed by atoms with Crippen molar-refractivity contribution in [2.45, 2.75) is 6.42 Å². The number of carbonyl (C=O) groups excluding carboxylic acids is 2. The Morgan fingerprint density at radius 2 is 2.12 bits per heavy atom. The van der Waals surface area contributed by atoms with Gasteiger partial charge in [0.25, 0.3) is 0 Å². The van der Waals surface area contributed by atoms with Gasteiger partial charge in [0.2, 0.25) is 5.91 Å². The van der Waals surface area contributed by atoms with Crippen LogP contribution < -0.4 is 0 Å². The first-order valence-electron chi connectivity index (χ1n) is 5.08. The van der Waals surface area contributed by atoms with Crippen LogP contribution in [0.4, 0.5) is 0 Å². The molecule has 0 aliphatic heterocycles. The minimum Gasteiger partial charge on any atom is -0.468 e. The zero-order chi connectivity index (χ0) is 12.8. The summed E-state index contributed by atoms with van der Waals surface area (Å²) in [5.74, 6) is -0.538. The number of benzene rings is 1. The molecule has 0 atom stereocenters. The third kappa shape index (κ3) is 4.56. The van der Waals surface area contributed by atoms with Gasteiger partial charge in [-0.25, -0.2) is 0 Å². The molecule has 0 heterocycles. The molecule has 0 fully saturated rings. The van der Waals surface area contributed by atoms with Crippen LogP contribution in [-0.4, -0.2) is 37.5 Å². The van der Waals surface area contributed by atoms with Crippen LogP contribution in [0.15, 0.2) is 28.7 Å². The zero-order valence-electron chi connectivity index (χ0n) is 9.77. The van der Waals surface area contributed by atoms with Crippen molar-refractivity contribution in [1.29, 1.82) is 0 Å². The van der Waals surface area contributed by atoms with Gasteiger partial charge >= 0.3 is 5.97 Å². The molecule has 1 rings (SSSR count). The summed E-state index contributed by atoms with van der Waals surface area (Å²) in [6.07, 6.45) is 0.271. The predicted octanol–water partition coefficient (Wildman–Crippen LogP) is 1.62. The molecule has 4 nitrogen and oxygen atoms in total. The van der Waals surface area contributed by atoms with Crippen molar-refractivity contribution in [3.8, 4) is 0 Å². The second kappa shape index (κ2) is 6.39. The zero-order valence-corrected chi connectivity index (χ0v) is 11.4. The number of rotatable bonds is 4. The fourth-order valence-electron chi connectivity index (χ4n) is 1.30. The van der Waals surface area contributed by atoms with Gasteiger partial charge in [-0.05, 0) is 17.7 Å². The lowest BCUT2D eigenvalue weighted by atomic mass is 10.1. The van der Waals surface area contributed by atoms with Crippen molar-refractivity contribution in [3.05, 3.63) is 34.3 Å². The van der Waals surface area contributed by atoms with Gasteiger partial charge in [-0.15, -0.1) is 0 Å². The number of ether oxygens (including phenoxy) is 1. The maximum absolute atomic E-state index is 11.8. The summed E-state index contributed by atoms with van der Waals surface area (Å²) >= 11 is 3.34. The number of amides is 1. The van der Waals surface area contributed by atoms with Crippen LogP contribution in [0.1, 0.15) is 5.56 Å². The Labute approximate surface area is 109 Å². The van der Waals surface area contributed by atoms with Gasteiger partial charge in [0.15, 0.2) is 0 Å². The Hall–Kier alpha value is -1.36. The highest BCUT2D eigenvalue weighted by Crippen LogP contribution is 2.12. The normalized spacial score (nSPS) is 9.82. The maximum atomic E-state index is 11.8. The number of nitrogens with zero attached hydrogens (tertiary/aromatic N) is 1. The van der Waals surface area contributed by atoms with Crippen LogP contribution in [0.3, 0.4) is 0 Å². The van der Waals surface area contributed by atoms with Crippen LogP contribution in [0.25, 0.3) is 0 Å². The summed E-state index contributed by atoms with van der Waals surface area (Å²) < 4.78 is 5.43. The number of hydrogen-bond acceptors (Lipinski definition) is 3. The molecule has 0 saturated heterocycles. The number of hydrogen-bond donors (Lipinski definition) is 0. The molecule has 0 N–H and O–H groups in total. The highest BCUT2D eigenvalue weighted by molar-refractivity contribution is 9.10. The van der Waals surface area contributed by atoms with E-state index in [1.165, 1.54) is 12.0 Å². The molecule has 0 saturated carbocycles. The molecule has 1 amide bonds. The summed E-state index contributed by atoms with van der Waals surface area (Å²) in [7, 11) is 2.88. The molecule has 0 aliphatic rings. The largest absolute Gasteiger partial charge is 0.468 e. The topological polar surface area (TPSA) is 46.6 Å². The van der Waals surface area contributed by atoms with Crippen LogP contribution >= 0.6 is 15.9 Å². The van der Waals surface area contributed by atoms with Crippen LogP contribution in [0, 0.1) is 0 Å². The summed E-state index contributed by atoms with van der Waals surface area (Å²) in [6.45, 7) is -0.0245. The molecule has 1 aromatic rings. The van der Waals surface area contributed by atoms with Gasteiger partial charge in [0, 0.05) is 11.5 Å². The second-order valence-electron chi connectivity index (χ2n) is 3.63. The molecule has 0 aliphatic carbocycles. The lowest BCUT2D eigenvalue weighted by Crippen LogP contribution is -2.33. The Morgan fingerprint density at radius 3 is 2.71 bits per heavy atom. The van der Waals surface area contributed by atoms with Gasteiger partial charge in [0.1, 0.15) is 6.54 Å². The third-order valence-corrected chi connectivity index (χ3v) is 2.76. The van der Waals surface area contributed by atoms with Gasteiger partial charge in [-0.2, -0.15) is 0 Å². The molecule has 0 aromatic heterocycles. The van der Waals surface area contributed by atoms with E-state index >= 15 is 0 Å². The number of halogens is 1. The summed E-state index contributed by atoms with van der Waals surface area (Å²) in [5, 5.41) is 0. The van der Waals surface area contributed by atoms with Gasteiger partial charge < -0.3 is 9.64 Å². The predicted molar refractivity (Wildman–Crippen MR) is 67.5 cm³/mol. The molecule has 0 bridgehead atoms. The van der Waals surface area contributed by atoms with E-state index in [-0.39, 0.29) is 18.9 Å². The smallest absolute Gasteiger partial charge is 0.325 e. The Bertz CT molecular complexity index is 420. The molecule has 0 radical (unpaired) electrons. The van der Waals surface area contributed by atoms with Crippen molar-refractivity contribution in [2.24, 2.45) is 0 Å². The average molecular weight is 300 g/mol. The van der Waals surface area contributed by atoms with E-state index in [9.17, 15) is 9.59 Å². The number of methoxy groups -OCH3 is 1. The molecule has 17 heavy (non-hydrogen) atoms.